The first-order valence-corrected chi connectivity index (χ1v) is 6.70. The summed E-state index contributed by atoms with van der Waals surface area (Å²) in [5.74, 6) is 0.808. The van der Waals surface area contributed by atoms with Crippen molar-refractivity contribution in [2.24, 2.45) is 0 Å². The minimum Gasteiger partial charge on any atom is -0.377 e. The molecule has 100 valence electrons. The van der Waals surface area contributed by atoms with Crippen LogP contribution in [-0.2, 0) is 11.3 Å². The topological polar surface area (TPSA) is 26.3 Å². The fourth-order valence-electron chi connectivity index (χ4n) is 2.17. The standard InChI is InChI=1S/C16H24O2/c1-6-18-10-14-7-13(9-17)15(11(2)3)8-16(14)12(4)5/h7-9,11-12H,6,10H2,1-5H3. The lowest BCUT2D eigenvalue weighted by Crippen LogP contribution is -2.05. The quantitative estimate of drug-likeness (QED) is 0.702. The van der Waals surface area contributed by atoms with E-state index in [1.807, 2.05) is 13.0 Å². The van der Waals surface area contributed by atoms with Gasteiger partial charge in [0.25, 0.3) is 0 Å². The SMILES string of the molecule is CCOCc1cc(C=O)c(C(C)C)cc1C(C)C. The average Bonchev–Trinajstić information content (AvgIpc) is 2.34. The van der Waals surface area contributed by atoms with Crippen LogP contribution in [0, 0.1) is 0 Å². The Kier molecular flexibility index (Phi) is 5.54. The highest BCUT2D eigenvalue weighted by Crippen LogP contribution is 2.28. The van der Waals surface area contributed by atoms with Crippen LogP contribution in [0.1, 0.15) is 73.5 Å². The van der Waals surface area contributed by atoms with Gasteiger partial charge in [-0.2, -0.15) is 0 Å². The van der Waals surface area contributed by atoms with Crippen molar-refractivity contribution in [1.29, 1.82) is 0 Å². The van der Waals surface area contributed by atoms with Crippen LogP contribution in [0.5, 0.6) is 0 Å². The lowest BCUT2D eigenvalue weighted by atomic mass is 9.88. The molecule has 0 N–H and O–H groups in total. The van der Waals surface area contributed by atoms with E-state index in [-0.39, 0.29) is 0 Å². The molecule has 0 atom stereocenters. The van der Waals surface area contributed by atoms with Gasteiger partial charge in [-0.25, -0.2) is 0 Å². The van der Waals surface area contributed by atoms with E-state index < -0.39 is 0 Å². The largest absolute Gasteiger partial charge is 0.377 e. The Bertz CT molecular complexity index is 406. The van der Waals surface area contributed by atoms with Crippen LogP contribution in [0.15, 0.2) is 12.1 Å². The van der Waals surface area contributed by atoms with Crippen LogP contribution in [0.3, 0.4) is 0 Å². The Morgan fingerprint density at radius 3 is 2.17 bits per heavy atom. The second kappa shape index (κ2) is 6.69. The molecule has 0 heterocycles. The molecule has 0 amide bonds. The molecule has 0 unspecified atom stereocenters. The summed E-state index contributed by atoms with van der Waals surface area (Å²) >= 11 is 0. The van der Waals surface area contributed by atoms with Crippen molar-refractivity contribution >= 4 is 6.29 Å². The third kappa shape index (κ3) is 3.42. The lowest BCUT2D eigenvalue weighted by molar-refractivity contribution is 0.112. The zero-order valence-corrected chi connectivity index (χ0v) is 12.1. The molecule has 1 aromatic rings. The average molecular weight is 248 g/mol. The summed E-state index contributed by atoms with van der Waals surface area (Å²) in [6.45, 7) is 11.9. The van der Waals surface area contributed by atoms with E-state index >= 15 is 0 Å². The second-order valence-electron chi connectivity index (χ2n) is 5.24. The number of hydrogen-bond acceptors (Lipinski definition) is 2. The summed E-state index contributed by atoms with van der Waals surface area (Å²) in [5.41, 5.74) is 4.36. The summed E-state index contributed by atoms with van der Waals surface area (Å²) in [7, 11) is 0. The van der Waals surface area contributed by atoms with Crippen LogP contribution >= 0.6 is 0 Å². The highest BCUT2D eigenvalue weighted by Gasteiger charge is 2.14. The number of carbonyl (C=O) groups excluding carboxylic acids is 1. The molecule has 0 aromatic heterocycles. The molecule has 2 nitrogen and oxygen atoms in total. The Labute approximate surface area is 110 Å². The predicted octanol–water partition coefficient (Wildman–Crippen LogP) is 4.28. The molecule has 2 heteroatoms. The zero-order chi connectivity index (χ0) is 13.7. The molecule has 0 aliphatic rings. The number of ether oxygens (including phenoxy) is 1. The first-order valence-electron chi connectivity index (χ1n) is 6.70. The third-order valence-electron chi connectivity index (χ3n) is 3.18. The van der Waals surface area contributed by atoms with Gasteiger partial charge >= 0.3 is 0 Å². The van der Waals surface area contributed by atoms with Gasteiger partial charge in [-0.05, 0) is 41.5 Å². The molecule has 0 saturated carbocycles. The highest BCUT2D eigenvalue weighted by atomic mass is 16.5. The summed E-state index contributed by atoms with van der Waals surface area (Å²) in [4.78, 5) is 11.2. The van der Waals surface area contributed by atoms with Gasteiger partial charge < -0.3 is 4.74 Å². The maximum Gasteiger partial charge on any atom is 0.150 e. The number of rotatable bonds is 6. The second-order valence-corrected chi connectivity index (χ2v) is 5.24. The van der Waals surface area contributed by atoms with Crippen LogP contribution in [0.25, 0.3) is 0 Å². The Balaban J connectivity index is 3.27. The predicted molar refractivity (Wildman–Crippen MR) is 75.3 cm³/mol. The normalized spacial score (nSPS) is 11.3. The van der Waals surface area contributed by atoms with E-state index in [2.05, 4.69) is 33.8 Å². The van der Waals surface area contributed by atoms with Crippen molar-refractivity contribution in [3.05, 3.63) is 34.4 Å². The molecule has 1 aromatic carbocycles. The summed E-state index contributed by atoms with van der Waals surface area (Å²) in [5, 5.41) is 0. The number of carbonyl (C=O) groups is 1. The monoisotopic (exact) mass is 248 g/mol. The van der Waals surface area contributed by atoms with Gasteiger partial charge in [0.05, 0.1) is 6.61 Å². The van der Waals surface area contributed by atoms with Crippen LogP contribution in [0.4, 0.5) is 0 Å². The first-order chi connectivity index (χ1) is 8.51. The molecule has 0 aliphatic heterocycles. The van der Waals surface area contributed by atoms with Crippen LogP contribution in [-0.4, -0.2) is 12.9 Å². The number of benzene rings is 1. The molecular formula is C16H24O2. The van der Waals surface area contributed by atoms with Gasteiger partial charge in [0.1, 0.15) is 6.29 Å². The molecule has 0 fully saturated rings. The third-order valence-corrected chi connectivity index (χ3v) is 3.18. The van der Waals surface area contributed by atoms with Gasteiger partial charge in [-0.15, -0.1) is 0 Å². The molecule has 18 heavy (non-hydrogen) atoms. The lowest BCUT2D eigenvalue weighted by Gasteiger charge is -2.18. The molecule has 1 rings (SSSR count). The first kappa shape index (κ1) is 14.9. The Morgan fingerprint density at radius 1 is 1.11 bits per heavy atom. The minimum atomic E-state index is 0.365. The fourth-order valence-corrected chi connectivity index (χ4v) is 2.17. The van der Waals surface area contributed by atoms with Crippen LogP contribution in [0.2, 0.25) is 0 Å². The van der Waals surface area contributed by atoms with E-state index in [9.17, 15) is 4.79 Å². The van der Waals surface area contributed by atoms with E-state index in [0.717, 1.165) is 23.0 Å². The van der Waals surface area contributed by atoms with Crippen molar-refractivity contribution in [2.45, 2.75) is 53.1 Å². The van der Waals surface area contributed by atoms with Gasteiger partial charge in [0, 0.05) is 12.2 Å². The molecule has 0 saturated heterocycles. The van der Waals surface area contributed by atoms with E-state index in [4.69, 9.17) is 4.74 Å². The smallest absolute Gasteiger partial charge is 0.150 e. The van der Waals surface area contributed by atoms with Gasteiger partial charge in [-0.1, -0.05) is 33.8 Å². The van der Waals surface area contributed by atoms with E-state index in [1.54, 1.807) is 0 Å². The van der Waals surface area contributed by atoms with E-state index in [1.165, 1.54) is 5.56 Å². The zero-order valence-electron chi connectivity index (χ0n) is 12.1. The van der Waals surface area contributed by atoms with Crippen molar-refractivity contribution < 1.29 is 9.53 Å². The molecule has 0 bridgehead atoms. The van der Waals surface area contributed by atoms with E-state index in [0.29, 0.717) is 25.0 Å². The van der Waals surface area contributed by atoms with Crippen molar-refractivity contribution in [2.75, 3.05) is 6.61 Å². The molecule has 0 radical (unpaired) electrons. The molecule has 0 aliphatic carbocycles. The summed E-state index contributed by atoms with van der Waals surface area (Å²) in [6, 6.07) is 4.17. The number of aldehydes is 1. The number of hydrogen-bond donors (Lipinski definition) is 0. The fraction of sp³-hybridized carbons (Fsp3) is 0.562. The van der Waals surface area contributed by atoms with Gasteiger partial charge in [0.15, 0.2) is 0 Å². The molecule has 0 spiro atoms. The highest BCUT2D eigenvalue weighted by molar-refractivity contribution is 5.78. The summed E-state index contributed by atoms with van der Waals surface area (Å²) in [6.07, 6.45) is 0.953. The molecular weight excluding hydrogens is 224 g/mol. The minimum absolute atomic E-state index is 0.365. The Hall–Kier alpha value is -1.15. The Morgan fingerprint density at radius 2 is 1.72 bits per heavy atom. The maximum atomic E-state index is 11.2. The van der Waals surface area contributed by atoms with Crippen LogP contribution < -0.4 is 0 Å². The van der Waals surface area contributed by atoms with Gasteiger partial charge in [0.2, 0.25) is 0 Å². The van der Waals surface area contributed by atoms with Crippen molar-refractivity contribution in [3.63, 3.8) is 0 Å². The van der Waals surface area contributed by atoms with Crippen molar-refractivity contribution in [3.8, 4) is 0 Å². The van der Waals surface area contributed by atoms with Gasteiger partial charge in [-0.3, -0.25) is 4.79 Å². The van der Waals surface area contributed by atoms with Crippen molar-refractivity contribution in [1.82, 2.24) is 0 Å². The maximum absolute atomic E-state index is 11.2. The summed E-state index contributed by atoms with van der Waals surface area (Å²) < 4.78 is 5.49.